The zero-order valence-corrected chi connectivity index (χ0v) is 64.3. The number of rotatable bonds is 13. The smallest absolute Gasteiger partial charge is 0.135 e. The summed E-state index contributed by atoms with van der Waals surface area (Å²) in [6, 6.07) is 147. The Kier molecular flexibility index (Phi) is 16.5. The van der Waals surface area contributed by atoms with Crippen LogP contribution in [-0.2, 0) is 5.41 Å². The Hall–Kier alpha value is -15.2. The summed E-state index contributed by atoms with van der Waals surface area (Å²) in [4.78, 5) is 4.68. The van der Waals surface area contributed by atoms with Crippen molar-refractivity contribution in [1.82, 2.24) is 0 Å². The largest absolute Gasteiger partial charge is 0.456 e. The van der Waals surface area contributed by atoms with Gasteiger partial charge in [-0.15, -0.1) is 0 Å². The van der Waals surface area contributed by atoms with Gasteiger partial charge in [0.25, 0.3) is 0 Å². The molecule has 23 rings (SSSR count). The first-order valence-corrected chi connectivity index (χ1v) is 40.0. The molecule has 0 amide bonds. The van der Waals surface area contributed by atoms with Crippen molar-refractivity contribution in [3.05, 3.63) is 424 Å². The summed E-state index contributed by atoms with van der Waals surface area (Å²) in [5.74, 6) is 0. The van der Waals surface area contributed by atoms with Crippen molar-refractivity contribution in [3.8, 4) is 89.0 Å². The Balaban J connectivity index is 0.000000142. The molecule has 0 atom stereocenters. The van der Waals surface area contributed by atoms with Crippen LogP contribution in [0, 0.1) is 0 Å². The number of hydrogen-bond acceptors (Lipinski definition) is 6. The molecule has 1 aliphatic rings. The number of anilines is 6. The minimum atomic E-state index is -0.0485. The summed E-state index contributed by atoms with van der Waals surface area (Å²) in [5, 5.41) is 9.05. The number of fused-ring (bicyclic) bond motifs is 15. The Morgan fingerprint density at radius 1 is 0.162 bits per heavy atom. The normalized spacial score (nSPS) is 12.3. The van der Waals surface area contributed by atoms with Crippen LogP contribution in [0.4, 0.5) is 34.1 Å². The summed E-state index contributed by atoms with van der Waals surface area (Å²) < 4.78 is 24.5. The molecule has 1 aliphatic carbocycles. The van der Waals surface area contributed by atoms with Crippen LogP contribution in [0.3, 0.4) is 0 Å². The van der Waals surface area contributed by atoms with Gasteiger partial charge in [0.05, 0.1) is 0 Å². The quantitative estimate of drug-likeness (QED) is 0.115. The summed E-state index contributed by atoms with van der Waals surface area (Å²) in [5.41, 5.74) is 35.6. The van der Waals surface area contributed by atoms with Gasteiger partial charge in [0, 0.05) is 82.6 Å². The standard InChI is InChI=1S/C57H39NO2.C54H35NO2/c1-57(2)51-12-6-3-9-45(51)46-30-21-41(35-52(46)57)38-19-28-44(29-20-38)58(42-24-15-36(16-25-42)39-22-31-55-49(33-39)47-10-4-7-13-53(47)59-55)43-26-17-37(18-27-43)40-23-32-56-50(34-40)48-11-5-8-14-54(48)60-56;1-2-8-36(9-3-1)37-14-16-38(17-15-37)39-18-26-44(27-19-39)55(45-28-20-40(21-29-45)42-24-32-53-49(34-42)47-10-4-6-12-51(47)56-53)46-30-22-41(23-31-46)43-25-33-54-50(35-43)48-11-5-7-13-52(48)57-54/h3-35H,1-2H3;1-35H. The molecule has 22 aromatic rings. The minimum absolute atomic E-state index is 0.0485. The Labute approximate surface area is 676 Å². The highest BCUT2D eigenvalue weighted by molar-refractivity contribution is 6.10. The Bertz CT molecular complexity index is 7220. The van der Waals surface area contributed by atoms with E-state index in [0.717, 1.165) is 166 Å². The second-order valence-corrected chi connectivity index (χ2v) is 31.1. The molecule has 0 unspecified atom stereocenters. The second-order valence-electron chi connectivity index (χ2n) is 31.1. The fourth-order valence-corrected chi connectivity index (χ4v) is 17.7. The van der Waals surface area contributed by atoms with Crippen molar-refractivity contribution in [2.75, 3.05) is 9.80 Å². The molecule has 0 saturated heterocycles. The molecule has 4 heterocycles. The molecular formula is C111H74N2O4. The predicted molar refractivity (Wildman–Crippen MR) is 487 cm³/mol. The van der Waals surface area contributed by atoms with Gasteiger partial charge in [0.1, 0.15) is 44.7 Å². The van der Waals surface area contributed by atoms with Crippen molar-refractivity contribution < 1.29 is 17.7 Å². The SMILES string of the molecule is CC1(C)c2ccccc2-c2ccc(-c3ccc(N(c4ccc(-c5ccc6oc7ccccc7c6c5)cc4)c4ccc(-c5ccc6oc7ccccc7c6c5)cc4)cc3)cc21.c1ccc(-c2ccc(-c3ccc(N(c4ccc(-c5ccc6oc7ccccc7c6c5)cc4)c4ccc(-c5ccc6oc7ccccc7c6c5)cc4)cc3)cc2)cc1. The number of para-hydroxylation sites is 4. The lowest BCUT2D eigenvalue weighted by Gasteiger charge is -2.26. The topological polar surface area (TPSA) is 59.0 Å². The third-order valence-corrected chi connectivity index (χ3v) is 23.8. The van der Waals surface area contributed by atoms with Crippen LogP contribution in [0.5, 0.6) is 0 Å². The average Bonchev–Trinajstić information content (AvgIpc) is 1.58. The van der Waals surface area contributed by atoms with Crippen LogP contribution in [0.2, 0.25) is 0 Å². The first-order chi connectivity index (χ1) is 57.7. The van der Waals surface area contributed by atoms with Crippen molar-refractivity contribution in [2.24, 2.45) is 0 Å². The molecule has 0 aliphatic heterocycles. The highest BCUT2D eigenvalue weighted by atomic mass is 16.3. The molecule has 0 saturated carbocycles. The van der Waals surface area contributed by atoms with Gasteiger partial charge >= 0.3 is 0 Å². The summed E-state index contributed by atoms with van der Waals surface area (Å²) in [6.45, 7) is 4.68. The molecule has 0 spiro atoms. The van der Waals surface area contributed by atoms with Crippen molar-refractivity contribution >= 4 is 122 Å². The van der Waals surface area contributed by atoms with E-state index in [4.69, 9.17) is 17.7 Å². The predicted octanol–water partition coefficient (Wildman–Crippen LogP) is 31.9. The Morgan fingerprint density at radius 2 is 0.376 bits per heavy atom. The van der Waals surface area contributed by atoms with E-state index in [-0.39, 0.29) is 5.41 Å². The van der Waals surface area contributed by atoms with Crippen molar-refractivity contribution in [1.29, 1.82) is 0 Å². The van der Waals surface area contributed by atoms with Gasteiger partial charge in [-0.1, -0.05) is 275 Å². The molecule has 0 bridgehead atoms. The van der Waals surface area contributed by atoms with E-state index in [9.17, 15) is 0 Å². The van der Waals surface area contributed by atoms with E-state index >= 15 is 0 Å². The van der Waals surface area contributed by atoms with Crippen LogP contribution >= 0.6 is 0 Å². The fourth-order valence-electron chi connectivity index (χ4n) is 17.7. The molecule has 6 heteroatoms. The molecule has 552 valence electrons. The maximum Gasteiger partial charge on any atom is 0.135 e. The zero-order valence-electron chi connectivity index (χ0n) is 64.3. The van der Waals surface area contributed by atoms with E-state index < -0.39 is 0 Å². The van der Waals surface area contributed by atoms with Gasteiger partial charge in [-0.25, -0.2) is 0 Å². The fraction of sp³-hybridized carbons (Fsp3) is 0.0270. The second kappa shape index (κ2) is 28.1. The maximum atomic E-state index is 6.13. The molecule has 4 aromatic heterocycles. The van der Waals surface area contributed by atoms with Crippen LogP contribution in [0.1, 0.15) is 25.0 Å². The highest BCUT2D eigenvalue weighted by Crippen LogP contribution is 2.51. The lowest BCUT2D eigenvalue weighted by atomic mass is 9.81. The molecule has 0 radical (unpaired) electrons. The van der Waals surface area contributed by atoms with Gasteiger partial charge in [-0.3, -0.25) is 0 Å². The average molecular weight is 1500 g/mol. The molecule has 18 aromatic carbocycles. The highest BCUT2D eigenvalue weighted by Gasteiger charge is 2.35. The lowest BCUT2D eigenvalue weighted by molar-refractivity contribution is 0.660. The number of nitrogens with zero attached hydrogens (tertiary/aromatic N) is 2. The van der Waals surface area contributed by atoms with Crippen LogP contribution in [-0.4, -0.2) is 0 Å². The summed E-state index contributed by atoms with van der Waals surface area (Å²) in [7, 11) is 0. The third kappa shape index (κ3) is 12.3. The molecule has 6 nitrogen and oxygen atoms in total. The number of hydrogen-bond donors (Lipinski definition) is 0. The zero-order chi connectivity index (χ0) is 77.7. The van der Waals surface area contributed by atoms with Gasteiger partial charge in [-0.05, 0) is 252 Å². The van der Waals surface area contributed by atoms with Gasteiger partial charge in [0.15, 0.2) is 0 Å². The number of benzene rings is 18. The third-order valence-electron chi connectivity index (χ3n) is 23.8. The van der Waals surface area contributed by atoms with Crippen molar-refractivity contribution in [2.45, 2.75) is 19.3 Å². The number of furan rings is 4. The van der Waals surface area contributed by atoms with E-state index in [1.54, 1.807) is 0 Å². The Morgan fingerprint density at radius 3 is 0.692 bits per heavy atom. The van der Waals surface area contributed by atoms with Crippen molar-refractivity contribution in [3.63, 3.8) is 0 Å². The van der Waals surface area contributed by atoms with E-state index in [1.807, 2.05) is 48.5 Å². The van der Waals surface area contributed by atoms with Gasteiger partial charge < -0.3 is 27.5 Å². The molecule has 0 fully saturated rings. The lowest BCUT2D eigenvalue weighted by Crippen LogP contribution is -2.14. The monoisotopic (exact) mass is 1500 g/mol. The van der Waals surface area contributed by atoms with Gasteiger partial charge in [-0.2, -0.15) is 0 Å². The molecular weight excluding hydrogens is 1430 g/mol. The van der Waals surface area contributed by atoms with Crippen LogP contribution < -0.4 is 9.80 Å². The van der Waals surface area contributed by atoms with E-state index in [1.165, 1.54) is 55.6 Å². The minimum Gasteiger partial charge on any atom is -0.456 e. The summed E-state index contributed by atoms with van der Waals surface area (Å²) in [6.07, 6.45) is 0. The van der Waals surface area contributed by atoms with Gasteiger partial charge in [0.2, 0.25) is 0 Å². The molecule has 117 heavy (non-hydrogen) atoms. The first-order valence-electron chi connectivity index (χ1n) is 40.0. The van der Waals surface area contributed by atoms with E-state index in [2.05, 4.69) is 388 Å². The summed E-state index contributed by atoms with van der Waals surface area (Å²) >= 11 is 0. The first kappa shape index (κ1) is 68.6. The maximum absolute atomic E-state index is 6.13. The molecule has 0 N–H and O–H groups in total. The van der Waals surface area contributed by atoms with E-state index in [0.29, 0.717) is 0 Å². The van der Waals surface area contributed by atoms with Crippen LogP contribution in [0.15, 0.2) is 430 Å². The van der Waals surface area contributed by atoms with Crippen LogP contribution in [0.25, 0.3) is 177 Å².